The minimum Gasteiger partial charge on any atom is -0.492 e. The predicted molar refractivity (Wildman–Crippen MR) is 67.6 cm³/mol. The maximum absolute atomic E-state index is 11.3. The Morgan fingerprint density at radius 2 is 2.00 bits per heavy atom. The zero-order chi connectivity index (χ0) is 12.0. The van der Waals surface area contributed by atoms with Crippen molar-refractivity contribution >= 4 is 21.8 Å². The molecule has 0 unspecified atom stereocenters. The standard InChI is InChI=1S/C12H16BrNO2/c1-3-12(15)14(2)8-9-16-11-6-4-10(13)5-7-11/h4-7H,3,8-9H2,1-2H3. The number of carbonyl (C=O) groups excluding carboxylic acids is 1. The third-order valence-corrected chi connectivity index (χ3v) is 2.77. The number of hydrogen-bond acceptors (Lipinski definition) is 2. The second-order valence-electron chi connectivity index (χ2n) is 3.47. The van der Waals surface area contributed by atoms with E-state index in [9.17, 15) is 4.79 Å². The molecule has 0 N–H and O–H groups in total. The van der Waals surface area contributed by atoms with Gasteiger partial charge in [0.25, 0.3) is 0 Å². The smallest absolute Gasteiger partial charge is 0.222 e. The molecular weight excluding hydrogens is 270 g/mol. The third kappa shape index (κ3) is 4.23. The Balaban J connectivity index is 2.30. The van der Waals surface area contributed by atoms with Gasteiger partial charge in [0.05, 0.1) is 6.54 Å². The molecular formula is C12H16BrNO2. The number of benzene rings is 1. The van der Waals surface area contributed by atoms with Crippen LogP contribution in [-0.4, -0.2) is 31.0 Å². The molecule has 0 atom stereocenters. The maximum Gasteiger partial charge on any atom is 0.222 e. The van der Waals surface area contributed by atoms with E-state index in [0.717, 1.165) is 10.2 Å². The lowest BCUT2D eigenvalue weighted by Gasteiger charge is -2.16. The zero-order valence-electron chi connectivity index (χ0n) is 9.57. The summed E-state index contributed by atoms with van der Waals surface area (Å²) in [5.74, 6) is 0.958. The minimum atomic E-state index is 0.138. The molecule has 1 amide bonds. The van der Waals surface area contributed by atoms with Crippen LogP contribution in [0.2, 0.25) is 0 Å². The highest BCUT2D eigenvalue weighted by Gasteiger charge is 2.04. The number of likely N-dealkylation sites (N-methyl/N-ethyl adjacent to an activating group) is 1. The van der Waals surface area contributed by atoms with Gasteiger partial charge in [0.15, 0.2) is 0 Å². The van der Waals surface area contributed by atoms with Crippen molar-refractivity contribution in [1.29, 1.82) is 0 Å². The second-order valence-corrected chi connectivity index (χ2v) is 4.39. The molecule has 0 saturated heterocycles. The van der Waals surface area contributed by atoms with Gasteiger partial charge in [-0.1, -0.05) is 22.9 Å². The summed E-state index contributed by atoms with van der Waals surface area (Å²) in [6, 6.07) is 7.64. The quantitative estimate of drug-likeness (QED) is 0.833. The summed E-state index contributed by atoms with van der Waals surface area (Å²) >= 11 is 3.36. The number of carbonyl (C=O) groups is 1. The van der Waals surface area contributed by atoms with Gasteiger partial charge < -0.3 is 9.64 Å². The van der Waals surface area contributed by atoms with E-state index in [1.165, 1.54) is 0 Å². The number of nitrogens with zero attached hydrogens (tertiary/aromatic N) is 1. The first-order chi connectivity index (χ1) is 7.63. The number of hydrogen-bond donors (Lipinski definition) is 0. The average Bonchev–Trinajstić information content (AvgIpc) is 2.30. The van der Waals surface area contributed by atoms with Crippen LogP contribution in [-0.2, 0) is 4.79 Å². The lowest BCUT2D eigenvalue weighted by Crippen LogP contribution is -2.30. The number of rotatable bonds is 5. The van der Waals surface area contributed by atoms with Gasteiger partial charge in [-0.2, -0.15) is 0 Å². The van der Waals surface area contributed by atoms with E-state index in [1.807, 2.05) is 31.2 Å². The molecule has 0 aliphatic carbocycles. The third-order valence-electron chi connectivity index (χ3n) is 2.24. The molecule has 0 radical (unpaired) electrons. The average molecular weight is 286 g/mol. The topological polar surface area (TPSA) is 29.5 Å². The molecule has 0 bridgehead atoms. The summed E-state index contributed by atoms with van der Waals surface area (Å²) in [5.41, 5.74) is 0. The molecule has 1 aromatic rings. The number of halogens is 1. The molecule has 1 rings (SSSR count). The Kier molecular flexibility index (Phi) is 5.32. The van der Waals surface area contributed by atoms with E-state index < -0.39 is 0 Å². The lowest BCUT2D eigenvalue weighted by molar-refractivity contribution is -0.129. The fourth-order valence-corrected chi connectivity index (χ4v) is 1.49. The largest absolute Gasteiger partial charge is 0.492 e. The van der Waals surface area contributed by atoms with E-state index >= 15 is 0 Å². The summed E-state index contributed by atoms with van der Waals surface area (Å²) in [4.78, 5) is 12.9. The van der Waals surface area contributed by atoms with E-state index in [4.69, 9.17) is 4.74 Å². The van der Waals surface area contributed by atoms with Crippen LogP contribution in [0.1, 0.15) is 13.3 Å². The van der Waals surface area contributed by atoms with E-state index in [0.29, 0.717) is 19.6 Å². The maximum atomic E-state index is 11.3. The van der Waals surface area contributed by atoms with Crippen molar-refractivity contribution in [2.75, 3.05) is 20.2 Å². The first kappa shape index (κ1) is 13.0. The molecule has 4 heteroatoms. The molecule has 0 saturated carbocycles. The Bertz CT molecular complexity index is 337. The van der Waals surface area contributed by atoms with Crippen molar-refractivity contribution in [2.24, 2.45) is 0 Å². The van der Waals surface area contributed by atoms with Gasteiger partial charge in [0, 0.05) is 17.9 Å². The highest BCUT2D eigenvalue weighted by atomic mass is 79.9. The van der Waals surface area contributed by atoms with E-state index in [2.05, 4.69) is 15.9 Å². The number of amides is 1. The van der Waals surface area contributed by atoms with Crippen molar-refractivity contribution in [3.8, 4) is 5.75 Å². The fraction of sp³-hybridized carbons (Fsp3) is 0.417. The molecule has 3 nitrogen and oxygen atoms in total. The van der Waals surface area contributed by atoms with Crippen molar-refractivity contribution < 1.29 is 9.53 Å². The summed E-state index contributed by atoms with van der Waals surface area (Å²) in [7, 11) is 1.79. The van der Waals surface area contributed by atoms with Crippen molar-refractivity contribution in [3.63, 3.8) is 0 Å². The van der Waals surface area contributed by atoms with Gasteiger partial charge in [0.1, 0.15) is 12.4 Å². The van der Waals surface area contributed by atoms with Crippen molar-refractivity contribution in [1.82, 2.24) is 4.90 Å². The van der Waals surface area contributed by atoms with Crippen molar-refractivity contribution in [2.45, 2.75) is 13.3 Å². The SMILES string of the molecule is CCC(=O)N(C)CCOc1ccc(Br)cc1. The van der Waals surface area contributed by atoms with Gasteiger partial charge in [-0.25, -0.2) is 0 Å². The Morgan fingerprint density at radius 1 is 1.38 bits per heavy atom. The Labute approximate surface area is 105 Å². The molecule has 0 aromatic heterocycles. The van der Waals surface area contributed by atoms with Gasteiger partial charge >= 0.3 is 0 Å². The van der Waals surface area contributed by atoms with Gasteiger partial charge in [-0.3, -0.25) is 4.79 Å². The van der Waals surface area contributed by atoms with E-state index in [-0.39, 0.29) is 5.91 Å². The molecule has 0 spiro atoms. The van der Waals surface area contributed by atoms with Crippen LogP contribution < -0.4 is 4.74 Å². The van der Waals surface area contributed by atoms with Crippen molar-refractivity contribution in [3.05, 3.63) is 28.7 Å². The molecule has 0 fully saturated rings. The summed E-state index contributed by atoms with van der Waals surface area (Å²) in [6.07, 6.45) is 0.536. The van der Waals surface area contributed by atoms with Crippen LogP contribution in [0, 0.1) is 0 Å². The highest BCUT2D eigenvalue weighted by Crippen LogP contribution is 2.15. The molecule has 1 aromatic carbocycles. The van der Waals surface area contributed by atoms with Crippen LogP contribution in [0.3, 0.4) is 0 Å². The van der Waals surface area contributed by atoms with Crippen LogP contribution in [0.5, 0.6) is 5.75 Å². The van der Waals surface area contributed by atoms with Gasteiger partial charge in [-0.15, -0.1) is 0 Å². The van der Waals surface area contributed by atoms with Crippen LogP contribution >= 0.6 is 15.9 Å². The van der Waals surface area contributed by atoms with Crippen LogP contribution in [0.4, 0.5) is 0 Å². The highest BCUT2D eigenvalue weighted by molar-refractivity contribution is 9.10. The molecule has 16 heavy (non-hydrogen) atoms. The minimum absolute atomic E-state index is 0.138. The molecule has 0 heterocycles. The monoisotopic (exact) mass is 285 g/mol. The number of ether oxygens (including phenoxy) is 1. The lowest BCUT2D eigenvalue weighted by atomic mass is 10.3. The first-order valence-electron chi connectivity index (χ1n) is 5.25. The molecule has 88 valence electrons. The normalized spacial score (nSPS) is 9.94. The fourth-order valence-electron chi connectivity index (χ4n) is 1.23. The molecule has 0 aliphatic heterocycles. The predicted octanol–water partition coefficient (Wildman–Crippen LogP) is 2.70. The second kappa shape index (κ2) is 6.53. The Morgan fingerprint density at radius 3 is 2.56 bits per heavy atom. The summed E-state index contributed by atoms with van der Waals surface area (Å²) in [6.45, 7) is 2.99. The van der Waals surface area contributed by atoms with Gasteiger partial charge in [-0.05, 0) is 24.3 Å². The Hall–Kier alpha value is -1.03. The molecule has 0 aliphatic rings. The van der Waals surface area contributed by atoms with Crippen LogP contribution in [0.25, 0.3) is 0 Å². The summed E-state index contributed by atoms with van der Waals surface area (Å²) < 4.78 is 6.54. The van der Waals surface area contributed by atoms with Crippen LogP contribution in [0.15, 0.2) is 28.7 Å². The van der Waals surface area contributed by atoms with E-state index in [1.54, 1.807) is 11.9 Å². The summed E-state index contributed by atoms with van der Waals surface area (Å²) in [5, 5.41) is 0. The zero-order valence-corrected chi connectivity index (χ0v) is 11.2. The van der Waals surface area contributed by atoms with Gasteiger partial charge in [0.2, 0.25) is 5.91 Å². The first-order valence-corrected chi connectivity index (χ1v) is 6.05.